The Morgan fingerprint density at radius 2 is 2.09 bits per heavy atom. The summed E-state index contributed by atoms with van der Waals surface area (Å²) in [5.74, 6) is -0.235. The fourth-order valence-electron chi connectivity index (χ4n) is 3.29. The highest BCUT2D eigenvalue weighted by Gasteiger charge is 2.32. The van der Waals surface area contributed by atoms with Gasteiger partial charge in [0.25, 0.3) is 0 Å². The molecule has 0 radical (unpaired) electrons. The van der Waals surface area contributed by atoms with Crippen LogP contribution in [0.25, 0.3) is 0 Å². The van der Waals surface area contributed by atoms with Crippen molar-refractivity contribution in [2.45, 2.75) is 31.9 Å². The highest BCUT2D eigenvalue weighted by molar-refractivity contribution is 6.30. The molecule has 1 aromatic carbocycles. The number of hydrogen-bond acceptors (Lipinski definition) is 3. The first kappa shape index (κ1) is 16.7. The first-order valence-corrected chi connectivity index (χ1v) is 8.53. The van der Waals surface area contributed by atoms with E-state index in [9.17, 15) is 9.18 Å². The summed E-state index contributed by atoms with van der Waals surface area (Å²) >= 11 is 5.86. The Morgan fingerprint density at radius 1 is 1.35 bits per heavy atom. The van der Waals surface area contributed by atoms with Gasteiger partial charge < -0.3 is 9.64 Å². The third kappa shape index (κ3) is 3.67. The van der Waals surface area contributed by atoms with Gasteiger partial charge >= 0.3 is 0 Å². The van der Waals surface area contributed by atoms with Gasteiger partial charge in [0.2, 0.25) is 5.91 Å². The van der Waals surface area contributed by atoms with Crippen LogP contribution in [0.2, 0.25) is 5.02 Å². The molecule has 0 bridgehead atoms. The fourth-order valence-corrected chi connectivity index (χ4v) is 3.48. The molecule has 0 spiro atoms. The van der Waals surface area contributed by atoms with Crippen molar-refractivity contribution in [3.05, 3.63) is 34.6 Å². The van der Waals surface area contributed by atoms with E-state index in [1.807, 2.05) is 11.8 Å². The molecule has 2 saturated heterocycles. The first-order valence-electron chi connectivity index (χ1n) is 8.15. The third-order valence-electron chi connectivity index (χ3n) is 4.74. The van der Waals surface area contributed by atoms with Crippen molar-refractivity contribution in [2.75, 3.05) is 32.8 Å². The van der Waals surface area contributed by atoms with E-state index in [1.165, 1.54) is 6.07 Å². The van der Waals surface area contributed by atoms with E-state index in [2.05, 4.69) is 4.90 Å². The lowest BCUT2D eigenvalue weighted by Gasteiger charge is -2.37. The van der Waals surface area contributed by atoms with Gasteiger partial charge in [0.1, 0.15) is 5.82 Å². The number of likely N-dealkylation sites (tertiary alicyclic amines) is 1. The molecule has 2 atom stereocenters. The molecular weight excluding hydrogens is 319 g/mol. The van der Waals surface area contributed by atoms with E-state index in [4.69, 9.17) is 16.3 Å². The van der Waals surface area contributed by atoms with Crippen molar-refractivity contribution < 1.29 is 13.9 Å². The quantitative estimate of drug-likeness (QED) is 0.848. The number of morpholine rings is 1. The largest absolute Gasteiger partial charge is 0.371 e. The van der Waals surface area contributed by atoms with E-state index in [0.29, 0.717) is 13.2 Å². The van der Waals surface area contributed by atoms with Crippen LogP contribution in [-0.2, 0) is 9.53 Å². The minimum Gasteiger partial charge on any atom is -0.371 e. The van der Waals surface area contributed by atoms with Gasteiger partial charge in [-0.15, -0.1) is 0 Å². The molecular formula is C17H22ClFN2O2. The van der Waals surface area contributed by atoms with E-state index in [1.54, 1.807) is 12.1 Å². The molecule has 2 heterocycles. The molecule has 2 fully saturated rings. The molecule has 126 valence electrons. The van der Waals surface area contributed by atoms with Crippen molar-refractivity contribution in [2.24, 2.45) is 0 Å². The Balaban J connectivity index is 1.67. The van der Waals surface area contributed by atoms with E-state index >= 15 is 0 Å². The van der Waals surface area contributed by atoms with Crippen LogP contribution in [-0.4, -0.2) is 54.5 Å². The molecule has 0 saturated carbocycles. The second-order valence-corrected chi connectivity index (χ2v) is 6.64. The Kier molecular flexibility index (Phi) is 5.19. The smallest absolute Gasteiger partial charge is 0.239 e. The van der Waals surface area contributed by atoms with E-state index < -0.39 is 5.82 Å². The number of rotatable bonds is 3. The zero-order chi connectivity index (χ0) is 16.4. The molecule has 1 aromatic rings. The number of nitrogens with zero attached hydrogens (tertiary/aromatic N) is 2. The minimum absolute atomic E-state index is 0.101. The molecule has 3 rings (SSSR count). The standard InChI is InChI=1S/C17H22ClFN2O2/c1-12(17(22)20-6-2-3-7-20)21-8-9-23-16(11-21)13-4-5-15(19)14(18)10-13/h4-5,10,12,16H,2-3,6-9,11H2,1H3/t12-,16-/m1/s1. The van der Waals surface area contributed by atoms with Gasteiger partial charge in [-0.05, 0) is 37.5 Å². The van der Waals surface area contributed by atoms with Gasteiger partial charge in [-0.3, -0.25) is 9.69 Å². The lowest BCUT2D eigenvalue weighted by Crippen LogP contribution is -2.50. The fraction of sp³-hybridized carbons (Fsp3) is 0.588. The van der Waals surface area contributed by atoms with Gasteiger partial charge in [0, 0.05) is 26.2 Å². The van der Waals surface area contributed by atoms with Gasteiger partial charge in [0.05, 0.1) is 23.8 Å². The molecule has 6 heteroatoms. The Labute approximate surface area is 141 Å². The van der Waals surface area contributed by atoms with E-state index in [0.717, 1.165) is 38.0 Å². The van der Waals surface area contributed by atoms with Crippen molar-refractivity contribution in [3.63, 3.8) is 0 Å². The van der Waals surface area contributed by atoms with Crippen LogP contribution in [0, 0.1) is 5.82 Å². The van der Waals surface area contributed by atoms with Crippen molar-refractivity contribution in [1.29, 1.82) is 0 Å². The Hall–Kier alpha value is -1.17. The monoisotopic (exact) mass is 340 g/mol. The Bertz CT molecular complexity index is 578. The Morgan fingerprint density at radius 3 is 2.78 bits per heavy atom. The van der Waals surface area contributed by atoms with Crippen LogP contribution >= 0.6 is 11.6 Å². The molecule has 0 N–H and O–H groups in total. The number of ether oxygens (including phenoxy) is 1. The average Bonchev–Trinajstić information content (AvgIpc) is 3.10. The van der Waals surface area contributed by atoms with Gasteiger partial charge in [-0.2, -0.15) is 0 Å². The van der Waals surface area contributed by atoms with Gasteiger partial charge in [-0.1, -0.05) is 17.7 Å². The van der Waals surface area contributed by atoms with E-state index in [-0.39, 0.29) is 23.1 Å². The third-order valence-corrected chi connectivity index (χ3v) is 5.03. The summed E-state index contributed by atoms with van der Waals surface area (Å²) in [6.45, 7) is 5.59. The topological polar surface area (TPSA) is 32.8 Å². The molecule has 23 heavy (non-hydrogen) atoms. The summed E-state index contributed by atoms with van der Waals surface area (Å²) in [5, 5.41) is 0.101. The van der Waals surface area contributed by atoms with Crippen molar-refractivity contribution >= 4 is 17.5 Å². The van der Waals surface area contributed by atoms with Crippen molar-refractivity contribution in [3.8, 4) is 0 Å². The highest BCUT2D eigenvalue weighted by atomic mass is 35.5. The number of amides is 1. The van der Waals surface area contributed by atoms with Crippen molar-refractivity contribution in [1.82, 2.24) is 9.80 Å². The second kappa shape index (κ2) is 7.16. The zero-order valence-corrected chi connectivity index (χ0v) is 14.1. The minimum atomic E-state index is -0.430. The summed E-state index contributed by atoms with van der Waals surface area (Å²) < 4.78 is 19.1. The first-order chi connectivity index (χ1) is 11.1. The molecule has 2 aliphatic heterocycles. The second-order valence-electron chi connectivity index (χ2n) is 6.24. The molecule has 4 nitrogen and oxygen atoms in total. The average molecular weight is 341 g/mol. The molecule has 0 aromatic heterocycles. The van der Waals surface area contributed by atoms with Crippen LogP contribution in [0.3, 0.4) is 0 Å². The molecule has 0 aliphatic carbocycles. The maximum absolute atomic E-state index is 13.3. The molecule has 0 unspecified atom stereocenters. The van der Waals surface area contributed by atoms with Gasteiger partial charge in [0.15, 0.2) is 0 Å². The lowest BCUT2D eigenvalue weighted by atomic mass is 10.1. The number of carbonyl (C=O) groups is 1. The predicted octanol–water partition coefficient (Wildman–Crippen LogP) is 2.86. The summed E-state index contributed by atoms with van der Waals surface area (Å²) in [4.78, 5) is 16.7. The number of hydrogen-bond donors (Lipinski definition) is 0. The maximum atomic E-state index is 13.3. The maximum Gasteiger partial charge on any atom is 0.239 e. The highest BCUT2D eigenvalue weighted by Crippen LogP contribution is 2.27. The van der Waals surface area contributed by atoms with Crippen LogP contribution < -0.4 is 0 Å². The summed E-state index contributed by atoms with van der Waals surface area (Å²) in [5.41, 5.74) is 0.849. The van der Waals surface area contributed by atoms with Crippen LogP contribution in [0.4, 0.5) is 4.39 Å². The van der Waals surface area contributed by atoms with Gasteiger partial charge in [-0.25, -0.2) is 4.39 Å². The summed E-state index contributed by atoms with van der Waals surface area (Å²) in [6, 6.07) is 4.51. The normalized spacial score (nSPS) is 24.0. The number of halogens is 2. The van der Waals surface area contributed by atoms with Crippen LogP contribution in [0.5, 0.6) is 0 Å². The van der Waals surface area contributed by atoms with Crippen LogP contribution in [0.15, 0.2) is 18.2 Å². The number of benzene rings is 1. The predicted molar refractivity (Wildman–Crippen MR) is 87.0 cm³/mol. The number of carbonyl (C=O) groups excluding carboxylic acids is 1. The zero-order valence-electron chi connectivity index (χ0n) is 13.3. The van der Waals surface area contributed by atoms with Crippen LogP contribution in [0.1, 0.15) is 31.4 Å². The summed E-state index contributed by atoms with van der Waals surface area (Å²) in [7, 11) is 0. The molecule has 1 amide bonds. The molecule has 2 aliphatic rings. The lowest BCUT2D eigenvalue weighted by molar-refractivity contribution is -0.138. The summed E-state index contributed by atoms with van der Waals surface area (Å²) in [6.07, 6.45) is 2.01. The SMILES string of the molecule is C[C@H](C(=O)N1CCCC1)N1CCO[C@@H](c2ccc(F)c(Cl)c2)C1.